The van der Waals surface area contributed by atoms with Gasteiger partial charge in [0.2, 0.25) is 0 Å². The van der Waals surface area contributed by atoms with Crippen LogP contribution in [0.25, 0.3) is 22.0 Å². The van der Waals surface area contributed by atoms with Crippen molar-refractivity contribution in [2.24, 2.45) is 4.99 Å². The van der Waals surface area contributed by atoms with Crippen LogP contribution in [0.3, 0.4) is 0 Å². The standard InChI is InChI=1S/C28H26N2/c1-5-6-8-11-20(3)25-17-21(4)30-28-23(25)14-15-24-26(22-12-9-7-10-13-22)16-19(2)18-29-27(24)28/h5-17H,3,18H2,1-2,4H3/b6-5-,11-8-. The van der Waals surface area contributed by atoms with Crippen molar-refractivity contribution in [2.45, 2.75) is 20.8 Å². The maximum absolute atomic E-state index is 4.98. The quantitative estimate of drug-likeness (QED) is 0.543. The van der Waals surface area contributed by atoms with Crippen LogP contribution >= 0.6 is 0 Å². The summed E-state index contributed by atoms with van der Waals surface area (Å²) in [6, 6.07) is 17.0. The molecule has 2 heteroatoms. The highest BCUT2D eigenvalue weighted by molar-refractivity contribution is 5.94. The van der Waals surface area contributed by atoms with Gasteiger partial charge in [-0.3, -0.25) is 9.98 Å². The molecule has 1 aliphatic rings. The van der Waals surface area contributed by atoms with Gasteiger partial charge in [0.05, 0.1) is 17.4 Å². The number of fused-ring (bicyclic) bond motifs is 3. The van der Waals surface area contributed by atoms with Crippen molar-refractivity contribution < 1.29 is 0 Å². The van der Waals surface area contributed by atoms with Crippen molar-refractivity contribution in [1.29, 1.82) is 0 Å². The molecular formula is C28H26N2. The lowest BCUT2D eigenvalue weighted by Gasteiger charge is -2.10. The highest BCUT2D eigenvalue weighted by Crippen LogP contribution is 2.24. The SMILES string of the molecule is C=C(/C=C\C=C/C)c1cc(C)nc2c3c(ccc12)=C(c1ccccc1)C=C(C)CN=3. The summed E-state index contributed by atoms with van der Waals surface area (Å²) in [5, 5.41) is 3.18. The molecule has 0 saturated heterocycles. The first-order valence-electron chi connectivity index (χ1n) is 10.3. The Morgan fingerprint density at radius 3 is 2.60 bits per heavy atom. The average Bonchev–Trinajstić information content (AvgIpc) is 2.93. The van der Waals surface area contributed by atoms with E-state index in [1.54, 1.807) is 0 Å². The monoisotopic (exact) mass is 390 g/mol. The second-order valence-corrected chi connectivity index (χ2v) is 7.67. The summed E-state index contributed by atoms with van der Waals surface area (Å²) in [5.74, 6) is 0. The van der Waals surface area contributed by atoms with Gasteiger partial charge in [-0.1, -0.05) is 85.0 Å². The summed E-state index contributed by atoms with van der Waals surface area (Å²) in [6.07, 6.45) is 10.3. The molecule has 0 aliphatic carbocycles. The Labute approximate surface area is 178 Å². The maximum Gasteiger partial charge on any atom is 0.0969 e. The van der Waals surface area contributed by atoms with Crippen LogP contribution in [0.4, 0.5) is 0 Å². The summed E-state index contributed by atoms with van der Waals surface area (Å²) < 4.78 is 0. The summed E-state index contributed by atoms with van der Waals surface area (Å²) in [5.41, 5.74) is 7.62. The zero-order valence-corrected chi connectivity index (χ0v) is 17.8. The van der Waals surface area contributed by atoms with Crippen molar-refractivity contribution in [1.82, 2.24) is 4.98 Å². The van der Waals surface area contributed by atoms with Gasteiger partial charge in [-0.15, -0.1) is 0 Å². The topological polar surface area (TPSA) is 25.2 Å². The van der Waals surface area contributed by atoms with E-state index in [0.29, 0.717) is 6.54 Å². The number of benzene rings is 2. The highest BCUT2D eigenvalue weighted by Gasteiger charge is 2.12. The Kier molecular flexibility index (Phi) is 5.58. The van der Waals surface area contributed by atoms with Crippen LogP contribution in [0.2, 0.25) is 0 Å². The van der Waals surface area contributed by atoms with Crippen LogP contribution in [-0.2, 0) is 0 Å². The summed E-state index contributed by atoms with van der Waals surface area (Å²) >= 11 is 0. The first-order valence-corrected chi connectivity index (χ1v) is 10.3. The van der Waals surface area contributed by atoms with Gasteiger partial charge in [0.1, 0.15) is 0 Å². The van der Waals surface area contributed by atoms with Crippen molar-refractivity contribution in [3.8, 4) is 0 Å². The predicted molar refractivity (Wildman–Crippen MR) is 128 cm³/mol. The molecule has 0 atom stereocenters. The minimum absolute atomic E-state index is 0.676. The molecule has 2 nitrogen and oxygen atoms in total. The van der Waals surface area contributed by atoms with Crippen LogP contribution in [0, 0.1) is 6.92 Å². The van der Waals surface area contributed by atoms with Crippen LogP contribution < -0.4 is 10.6 Å². The molecule has 2 aromatic carbocycles. The molecule has 0 radical (unpaired) electrons. The number of pyridine rings is 1. The van der Waals surface area contributed by atoms with E-state index in [9.17, 15) is 0 Å². The van der Waals surface area contributed by atoms with Crippen molar-refractivity contribution >= 4 is 22.0 Å². The number of nitrogens with zero attached hydrogens (tertiary/aromatic N) is 2. The lowest BCUT2D eigenvalue weighted by Crippen LogP contribution is -2.29. The zero-order chi connectivity index (χ0) is 21.1. The Morgan fingerprint density at radius 2 is 1.83 bits per heavy atom. The van der Waals surface area contributed by atoms with E-state index in [0.717, 1.165) is 38.3 Å². The highest BCUT2D eigenvalue weighted by atomic mass is 14.8. The van der Waals surface area contributed by atoms with Gasteiger partial charge in [-0.25, -0.2) is 0 Å². The van der Waals surface area contributed by atoms with Gasteiger partial charge in [0.25, 0.3) is 0 Å². The van der Waals surface area contributed by atoms with Gasteiger partial charge in [-0.05, 0) is 49.1 Å². The van der Waals surface area contributed by atoms with E-state index in [1.165, 1.54) is 16.7 Å². The van der Waals surface area contributed by atoms with E-state index >= 15 is 0 Å². The fourth-order valence-electron chi connectivity index (χ4n) is 3.85. The molecular weight excluding hydrogens is 364 g/mol. The predicted octanol–water partition coefficient (Wildman–Crippen LogP) is 5.47. The largest absolute Gasteiger partial charge is 0.278 e. The van der Waals surface area contributed by atoms with Crippen LogP contribution in [0.5, 0.6) is 0 Å². The molecule has 0 fully saturated rings. The smallest absolute Gasteiger partial charge is 0.0969 e. The Bertz CT molecular complexity index is 1340. The summed E-state index contributed by atoms with van der Waals surface area (Å²) in [6.45, 7) is 11.2. The third-order valence-corrected chi connectivity index (χ3v) is 5.28. The van der Waals surface area contributed by atoms with Gasteiger partial charge in [-0.2, -0.15) is 0 Å². The number of allylic oxidation sites excluding steroid dienone is 6. The molecule has 0 amide bonds. The van der Waals surface area contributed by atoms with E-state index in [4.69, 9.17) is 9.98 Å². The number of aryl methyl sites for hydroxylation is 1. The van der Waals surface area contributed by atoms with Gasteiger partial charge >= 0.3 is 0 Å². The molecule has 0 saturated carbocycles. The maximum atomic E-state index is 4.98. The lowest BCUT2D eigenvalue weighted by molar-refractivity contribution is 1.07. The van der Waals surface area contributed by atoms with Crippen molar-refractivity contribution in [3.63, 3.8) is 0 Å². The molecule has 4 rings (SSSR count). The molecule has 0 spiro atoms. The summed E-state index contributed by atoms with van der Waals surface area (Å²) in [4.78, 5) is 9.89. The Balaban J connectivity index is 2.05. The van der Waals surface area contributed by atoms with Crippen LogP contribution in [0.1, 0.15) is 30.7 Å². The second kappa shape index (κ2) is 8.46. The molecule has 30 heavy (non-hydrogen) atoms. The number of hydrogen-bond donors (Lipinski definition) is 0. The van der Waals surface area contributed by atoms with Gasteiger partial charge in [0.15, 0.2) is 0 Å². The fraction of sp³-hybridized carbons (Fsp3) is 0.143. The van der Waals surface area contributed by atoms with E-state index in [2.05, 4.69) is 62.0 Å². The lowest BCUT2D eigenvalue weighted by atomic mass is 9.97. The second-order valence-electron chi connectivity index (χ2n) is 7.67. The molecule has 1 aromatic heterocycles. The first kappa shape index (κ1) is 19.8. The van der Waals surface area contributed by atoms with Crippen LogP contribution in [0.15, 0.2) is 96.1 Å². The number of aromatic nitrogens is 1. The normalized spacial score (nSPS) is 14.0. The third kappa shape index (κ3) is 3.81. The molecule has 148 valence electrons. The number of rotatable bonds is 4. The minimum Gasteiger partial charge on any atom is -0.278 e. The first-order chi connectivity index (χ1) is 14.6. The Hall–Kier alpha value is -3.52. The van der Waals surface area contributed by atoms with Crippen molar-refractivity contribution in [2.75, 3.05) is 6.54 Å². The van der Waals surface area contributed by atoms with Crippen molar-refractivity contribution in [3.05, 3.63) is 118 Å². The van der Waals surface area contributed by atoms with E-state index < -0.39 is 0 Å². The summed E-state index contributed by atoms with van der Waals surface area (Å²) in [7, 11) is 0. The number of hydrogen-bond acceptors (Lipinski definition) is 2. The molecule has 2 heterocycles. The zero-order valence-electron chi connectivity index (χ0n) is 17.8. The minimum atomic E-state index is 0.676. The van der Waals surface area contributed by atoms with E-state index in [1.807, 2.05) is 44.2 Å². The molecule has 0 N–H and O–H groups in total. The third-order valence-electron chi connectivity index (χ3n) is 5.28. The molecule has 1 aliphatic heterocycles. The molecule has 0 bridgehead atoms. The van der Waals surface area contributed by atoms with Gasteiger partial charge < -0.3 is 0 Å². The molecule has 0 unspecified atom stereocenters. The van der Waals surface area contributed by atoms with E-state index in [-0.39, 0.29) is 0 Å². The fourth-order valence-corrected chi connectivity index (χ4v) is 3.85. The van der Waals surface area contributed by atoms with Crippen LogP contribution in [-0.4, -0.2) is 11.5 Å². The molecule has 3 aromatic rings. The van der Waals surface area contributed by atoms with Gasteiger partial charge in [0, 0.05) is 16.3 Å². The average molecular weight is 391 g/mol. The Morgan fingerprint density at radius 1 is 1.03 bits per heavy atom.